The first-order valence-corrected chi connectivity index (χ1v) is 11.3. The van der Waals surface area contributed by atoms with Gasteiger partial charge in [0.1, 0.15) is 11.5 Å². The third kappa shape index (κ3) is 7.68. The summed E-state index contributed by atoms with van der Waals surface area (Å²) in [4.78, 5) is 37.8. The van der Waals surface area contributed by atoms with Crippen molar-refractivity contribution in [3.8, 4) is 23.0 Å². The number of hydrogen-bond acceptors (Lipinski definition) is 8. The van der Waals surface area contributed by atoms with Crippen molar-refractivity contribution in [3.05, 3.63) is 84.4 Å². The largest absolute Gasteiger partial charge is 0.482 e. The predicted molar refractivity (Wildman–Crippen MR) is 133 cm³/mol. The van der Waals surface area contributed by atoms with E-state index in [9.17, 15) is 14.4 Å². The zero-order valence-corrected chi connectivity index (χ0v) is 20.4. The molecule has 1 atom stereocenters. The van der Waals surface area contributed by atoms with E-state index in [2.05, 4.69) is 0 Å². The summed E-state index contributed by atoms with van der Waals surface area (Å²) in [5.74, 6) is -0.994. The molecule has 3 aromatic rings. The number of ether oxygens (including phenoxy) is 4. The number of nitrogens with two attached hydrogens (primary N) is 1. The molecule has 0 bridgehead atoms. The highest BCUT2D eigenvalue weighted by Crippen LogP contribution is 2.31. The summed E-state index contributed by atoms with van der Waals surface area (Å²) in [6.07, 6.45) is 0. The number of ketones is 1. The van der Waals surface area contributed by atoms with Gasteiger partial charge in [-0.1, -0.05) is 57.2 Å². The molecule has 0 aliphatic rings. The molecular weight excluding hydrogens is 462 g/mol. The molecule has 36 heavy (non-hydrogen) atoms. The number of rotatable bonds is 10. The Morgan fingerprint density at radius 2 is 1.19 bits per heavy atom. The summed E-state index contributed by atoms with van der Waals surface area (Å²) >= 11 is 0. The zero-order valence-electron chi connectivity index (χ0n) is 20.4. The Labute approximate surface area is 209 Å². The lowest BCUT2D eigenvalue weighted by Gasteiger charge is -2.25. The van der Waals surface area contributed by atoms with E-state index in [1.165, 1.54) is 18.2 Å². The van der Waals surface area contributed by atoms with Gasteiger partial charge in [0.15, 0.2) is 30.5 Å². The summed E-state index contributed by atoms with van der Waals surface area (Å²) in [5.41, 5.74) is 5.85. The van der Waals surface area contributed by atoms with Gasteiger partial charge in [0.2, 0.25) is 0 Å². The maximum atomic E-state index is 12.9. The smallest absolute Gasteiger partial charge is 0.349 e. The van der Waals surface area contributed by atoms with Gasteiger partial charge < -0.3 is 24.7 Å². The molecule has 8 nitrogen and oxygen atoms in total. The van der Waals surface area contributed by atoms with Crippen LogP contribution in [0.1, 0.15) is 31.1 Å². The second kappa shape index (κ2) is 12.0. The van der Waals surface area contributed by atoms with Crippen molar-refractivity contribution >= 4 is 17.7 Å². The van der Waals surface area contributed by atoms with Crippen LogP contribution in [0.4, 0.5) is 0 Å². The van der Waals surface area contributed by atoms with Gasteiger partial charge in [-0.05, 0) is 47.9 Å². The van der Waals surface area contributed by atoms with Gasteiger partial charge in [-0.15, -0.1) is 0 Å². The minimum atomic E-state index is -0.796. The van der Waals surface area contributed by atoms with Crippen molar-refractivity contribution in [2.75, 3.05) is 13.2 Å². The number of hydrogen-bond donors (Lipinski definition) is 1. The summed E-state index contributed by atoms with van der Waals surface area (Å²) in [7, 11) is 0. The molecular formula is C28H29NO7. The van der Waals surface area contributed by atoms with E-state index in [1.807, 2.05) is 32.9 Å². The molecule has 0 saturated carbocycles. The Balaban J connectivity index is 1.76. The number of carbonyl (C=O) groups excluding carboxylic acids is 3. The molecule has 0 heterocycles. The molecule has 188 valence electrons. The maximum Gasteiger partial charge on any atom is 0.349 e. The average Bonchev–Trinajstić information content (AvgIpc) is 2.87. The van der Waals surface area contributed by atoms with Crippen molar-refractivity contribution in [3.63, 3.8) is 0 Å². The Morgan fingerprint density at radius 3 is 1.67 bits per heavy atom. The zero-order chi connectivity index (χ0) is 26.1. The van der Waals surface area contributed by atoms with Crippen molar-refractivity contribution in [1.82, 2.24) is 0 Å². The van der Waals surface area contributed by atoms with Crippen LogP contribution in [-0.2, 0) is 9.59 Å². The quantitative estimate of drug-likeness (QED) is 0.255. The monoisotopic (exact) mass is 491 g/mol. The highest BCUT2D eigenvalue weighted by molar-refractivity contribution is 6.01. The molecule has 0 aliphatic heterocycles. The molecule has 0 saturated heterocycles. The molecule has 3 aromatic carbocycles. The Hall–Kier alpha value is -4.17. The molecule has 0 fully saturated rings. The number of para-hydroxylation sites is 2. The van der Waals surface area contributed by atoms with E-state index >= 15 is 0 Å². The topological polar surface area (TPSA) is 114 Å². The molecule has 3 rings (SSSR count). The molecule has 2 N–H and O–H groups in total. The van der Waals surface area contributed by atoms with E-state index in [0.717, 1.165) is 0 Å². The molecule has 0 aliphatic carbocycles. The molecule has 0 amide bonds. The fourth-order valence-corrected chi connectivity index (χ4v) is 3.02. The fraction of sp³-hybridized carbons (Fsp3) is 0.250. The number of esters is 2. The van der Waals surface area contributed by atoms with Gasteiger partial charge in [-0.2, -0.15) is 0 Å². The van der Waals surface area contributed by atoms with Crippen LogP contribution in [0.5, 0.6) is 23.0 Å². The first-order chi connectivity index (χ1) is 17.1. The lowest BCUT2D eigenvalue weighted by atomic mass is 9.83. The molecule has 1 unspecified atom stereocenters. The number of Topliss-reactive ketones (excluding diaryl/α,β-unsaturated/α-hetero) is 1. The first kappa shape index (κ1) is 26.4. The Morgan fingerprint density at radius 1 is 0.722 bits per heavy atom. The summed E-state index contributed by atoms with van der Waals surface area (Å²) < 4.78 is 21.6. The van der Waals surface area contributed by atoms with Crippen LogP contribution in [-0.4, -0.2) is 37.0 Å². The second-order valence-corrected chi connectivity index (χ2v) is 9.02. The van der Waals surface area contributed by atoms with Crippen LogP contribution in [0.2, 0.25) is 0 Å². The van der Waals surface area contributed by atoms with Gasteiger partial charge in [0.25, 0.3) is 0 Å². The summed E-state index contributed by atoms with van der Waals surface area (Å²) in [6, 6.07) is 20.9. The van der Waals surface area contributed by atoms with Gasteiger partial charge in [0.05, 0.1) is 6.04 Å². The SMILES string of the molecule is CC(C)(C)C(N)C(=O)c1ccc(OC(=O)COc2ccccc2)c(OC(=O)COc2ccccc2)c1. The summed E-state index contributed by atoms with van der Waals surface area (Å²) in [6.45, 7) is 4.78. The molecule has 8 heteroatoms. The average molecular weight is 492 g/mol. The van der Waals surface area contributed by atoms with Gasteiger partial charge in [-0.3, -0.25) is 4.79 Å². The van der Waals surface area contributed by atoms with E-state index < -0.39 is 30.0 Å². The van der Waals surface area contributed by atoms with Crippen molar-refractivity contribution in [2.45, 2.75) is 26.8 Å². The Kier molecular flexibility index (Phi) is 8.81. The van der Waals surface area contributed by atoms with E-state index in [0.29, 0.717) is 11.5 Å². The van der Waals surface area contributed by atoms with Crippen LogP contribution >= 0.6 is 0 Å². The Bertz CT molecular complexity index is 1190. The molecule has 0 spiro atoms. The third-order valence-electron chi connectivity index (χ3n) is 5.09. The summed E-state index contributed by atoms with van der Waals surface area (Å²) in [5, 5.41) is 0. The van der Waals surface area contributed by atoms with Gasteiger partial charge in [-0.25, -0.2) is 9.59 Å². The van der Waals surface area contributed by atoms with Crippen molar-refractivity contribution < 1.29 is 33.3 Å². The molecule has 0 radical (unpaired) electrons. The lowest BCUT2D eigenvalue weighted by Crippen LogP contribution is -2.42. The van der Waals surface area contributed by atoms with Crippen LogP contribution in [0.25, 0.3) is 0 Å². The number of benzene rings is 3. The van der Waals surface area contributed by atoms with Gasteiger partial charge in [0, 0.05) is 5.56 Å². The van der Waals surface area contributed by atoms with Crippen LogP contribution in [0, 0.1) is 5.41 Å². The van der Waals surface area contributed by atoms with Crippen LogP contribution in [0.15, 0.2) is 78.9 Å². The highest BCUT2D eigenvalue weighted by atomic mass is 16.6. The van der Waals surface area contributed by atoms with Crippen molar-refractivity contribution in [2.24, 2.45) is 11.1 Å². The van der Waals surface area contributed by atoms with Crippen LogP contribution in [0.3, 0.4) is 0 Å². The third-order valence-corrected chi connectivity index (χ3v) is 5.09. The standard InChI is InChI=1S/C28H29NO7/c1-28(2,3)27(29)26(32)19-14-15-22(35-24(30)17-33-20-10-6-4-7-11-20)23(16-19)36-25(31)18-34-21-12-8-5-9-13-21/h4-16,27H,17-18,29H2,1-3H3. The lowest BCUT2D eigenvalue weighted by molar-refractivity contribution is -0.139. The highest BCUT2D eigenvalue weighted by Gasteiger charge is 2.29. The van der Waals surface area contributed by atoms with E-state index in [1.54, 1.807) is 48.5 Å². The normalized spacial score (nSPS) is 11.8. The minimum Gasteiger partial charge on any atom is -0.482 e. The van der Waals surface area contributed by atoms with Crippen molar-refractivity contribution in [1.29, 1.82) is 0 Å². The minimum absolute atomic E-state index is 0.0504. The first-order valence-electron chi connectivity index (χ1n) is 11.3. The van der Waals surface area contributed by atoms with E-state index in [-0.39, 0.29) is 29.5 Å². The number of carbonyl (C=O) groups is 3. The second-order valence-electron chi connectivity index (χ2n) is 9.02. The van der Waals surface area contributed by atoms with E-state index in [4.69, 9.17) is 24.7 Å². The fourth-order valence-electron chi connectivity index (χ4n) is 3.02. The molecule has 0 aromatic heterocycles. The predicted octanol–water partition coefficient (Wildman–Crippen LogP) is 4.21. The van der Waals surface area contributed by atoms with Crippen LogP contribution < -0.4 is 24.7 Å². The van der Waals surface area contributed by atoms with Gasteiger partial charge >= 0.3 is 11.9 Å². The maximum absolute atomic E-state index is 12.9.